The van der Waals surface area contributed by atoms with Crippen molar-refractivity contribution in [2.24, 2.45) is 0 Å². The van der Waals surface area contributed by atoms with Gasteiger partial charge in [-0.1, -0.05) is 44.0 Å². The molecule has 1 rings (SSSR count). The molecule has 0 fully saturated rings. The molecule has 3 heteroatoms. The highest BCUT2D eigenvalue weighted by atomic mass is 79.9. The maximum absolute atomic E-state index is 9.63. The van der Waals surface area contributed by atoms with Crippen LogP contribution in [0.25, 0.3) is 0 Å². The van der Waals surface area contributed by atoms with Crippen molar-refractivity contribution in [3.63, 3.8) is 0 Å². The molecule has 0 aliphatic carbocycles. The van der Waals surface area contributed by atoms with Gasteiger partial charge in [-0.15, -0.1) is 0 Å². The maximum atomic E-state index is 9.63. The van der Waals surface area contributed by atoms with Gasteiger partial charge in [-0.2, -0.15) is 0 Å². The summed E-state index contributed by atoms with van der Waals surface area (Å²) in [4.78, 5) is 0.0821. The summed E-state index contributed by atoms with van der Waals surface area (Å²) in [6.45, 7) is 1.92. The first-order chi connectivity index (χ1) is 5.61. The van der Waals surface area contributed by atoms with E-state index in [4.69, 9.17) is 0 Å². The van der Waals surface area contributed by atoms with Gasteiger partial charge in [-0.3, -0.25) is 0 Å². The second-order valence-corrected chi connectivity index (χ2v) is 5.03. The van der Waals surface area contributed by atoms with Gasteiger partial charge in [0.1, 0.15) is 0 Å². The third kappa shape index (κ3) is 2.57. The van der Waals surface area contributed by atoms with Crippen molar-refractivity contribution in [3.05, 3.63) is 34.3 Å². The normalized spacial score (nSPS) is 15.7. The molecule has 1 nitrogen and oxygen atoms in total. The van der Waals surface area contributed by atoms with E-state index in [1.807, 2.05) is 31.2 Å². The van der Waals surface area contributed by atoms with Crippen LogP contribution in [-0.4, -0.2) is 9.93 Å². The SMILES string of the molecule is CC(Br)C(O)c1ccc(Br)cc1. The first kappa shape index (κ1) is 10.2. The highest BCUT2D eigenvalue weighted by molar-refractivity contribution is 9.10. The van der Waals surface area contributed by atoms with Gasteiger partial charge in [-0.05, 0) is 24.6 Å². The molecular weight excluding hydrogens is 284 g/mol. The quantitative estimate of drug-likeness (QED) is 0.830. The fourth-order valence-electron chi connectivity index (χ4n) is 0.925. The lowest BCUT2D eigenvalue weighted by molar-refractivity contribution is 0.181. The van der Waals surface area contributed by atoms with Crippen LogP contribution in [0.1, 0.15) is 18.6 Å². The predicted molar refractivity (Wildman–Crippen MR) is 57.5 cm³/mol. The lowest BCUT2D eigenvalue weighted by Gasteiger charge is -2.12. The fourth-order valence-corrected chi connectivity index (χ4v) is 1.49. The van der Waals surface area contributed by atoms with Crippen molar-refractivity contribution in [1.82, 2.24) is 0 Å². The van der Waals surface area contributed by atoms with Crippen LogP contribution in [0, 0.1) is 0 Å². The first-order valence-corrected chi connectivity index (χ1v) is 5.39. The summed E-state index contributed by atoms with van der Waals surface area (Å²) in [5, 5.41) is 9.63. The van der Waals surface area contributed by atoms with E-state index in [0.717, 1.165) is 10.0 Å². The number of hydrogen-bond donors (Lipinski definition) is 1. The van der Waals surface area contributed by atoms with E-state index in [9.17, 15) is 5.11 Å². The van der Waals surface area contributed by atoms with Gasteiger partial charge in [-0.25, -0.2) is 0 Å². The Morgan fingerprint density at radius 1 is 1.25 bits per heavy atom. The minimum absolute atomic E-state index is 0.0821. The predicted octanol–water partition coefficient (Wildman–Crippen LogP) is 3.27. The molecule has 2 unspecified atom stereocenters. The van der Waals surface area contributed by atoms with Crippen molar-refractivity contribution in [1.29, 1.82) is 0 Å². The number of aliphatic hydroxyl groups excluding tert-OH is 1. The zero-order chi connectivity index (χ0) is 9.14. The highest BCUT2D eigenvalue weighted by Gasteiger charge is 2.12. The topological polar surface area (TPSA) is 20.2 Å². The monoisotopic (exact) mass is 292 g/mol. The Balaban J connectivity index is 2.82. The first-order valence-electron chi connectivity index (χ1n) is 3.69. The molecule has 66 valence electrons. The van der Waals surface area contributed by atoms with Crippen LogP contribution in [0.4, 0.5) is 0 Å². The van der Waals surface area contributed by atoms with Crippen molar-refractivity contribution in [2.75, 3.05) is 0 Å². The van der Waals surface area contributed by atoms with Crippen molar-refractivity contribution in [3.8, 4) is 0 Å². The molecule has 0 heterocycles. The van der Waals surface area contributed by atoms with Gasteiger partial charge in [0.05, 0.1) is 6.10 Å². The highest BCUT2D eigenvalue weighted by Crippen LogP contribution is 2.23. The summed E-state index contributed by atoms with van der Waals surface area (Å²) < 4.78 is 1.03. The van der Waals surface area contributed by atoms with Crippen LogP contribution in [0.3, 0.4) is 0 Å². The fraction of sp³-hybridized carbons (Fsp3) is 0.333. The van der Waals surface area contributed by atoms with Gasteiger partial charge >= 0.3 is 0 Å². The summed E-state index contributed by atoms with van der Waals surface area (Å²) in [7, 11) is 0. The van der Waals surface area contributed by atoms with Crippen LogP contribution >= 0.6 is 31.9 Å². The minimum atomic E-state index is -0.432. The van der Waals surface area contributed by atoms with Gasteiger partial charge in [0.25, 0.3) is 0 Å². The molecule has 1 aromatic rings. The zero-order valence-electron chi connectivity index (χ0n) is 6.67. The number of hydrogen-bond acceptors (Lipinski definition) is 1. The van der Waals surface area contributed by atoms with Crippen molar-refractivity contribution in [2.45, 2.75) is 17.9 Å². The van der Waals surface area contributed by atoms with Crippen LogP contribution in [-0.2, 0) is 0 Å². The average Bonchev–Trinajstić information content (AvgIpc) is 2.04. The standard InChI is InChI=1S/C9H10Br2O/c1-6(10)9(12)7-2-4-8(11)5-3-7/h2-6,9,12H,1H3. The molecule has 1 aromatic carbocycles. The number of benzene rings is 1. The maximum Gasteiger partial charge on any atom is 0.0912 e. The van der Waals surface area contributed by atoms with Crippen LogP contribution < -0.4 is 0 Å². The second-order valence-electron chi connectivity index (χ2n) is 2.67. The van der Waals surface area contributed by atoms with E-state index in [0.29, 0.717) is 0 Å². The second kappa shape index (κ2) is 4.40. The summed E-state index contributed by atoms with van der Waals surface area (Å²) in [6, 6.07) is 7.67. The molecule has 1 N–H and O–H groups in total. The number of rotatable bonds is 2. The van der Waals surface area contributed by atoms with Gasteiger partial charge in [0.2, 0.25) is 0 Å². The summed E-state index contributed by atoms with van der Waals surface area (Å²) in [5.41, 5.74) is 0.933. The summed E-state index contributed by atoms with van der Waals surface area (Å²) >= 11 is 6.67. The molecule has 0 aromatic heterocycles. The molecule has 2 atom stereocenters. The van der Waals surface area contributed by atoms with Gasteiger partial charge < -0.3 is 5.11 Å². The Hall–Kier alpha value is 0.140. The molecule has 0 radical (unpaired) electrons. The van der Waals surface area contributed by atoms with E-state index >= 15 is 0 Å². The molecule has 0 amide bonds. The minimum Gasteiger partial charge on any atom is -0.387 e. The van der Waals surface area contributed by atoms with Crippen molar-refractivity contribution < 1.29 is 5.11 Å². The number of halogens is 2. The zero-order valence-corrected chi connectivity index (χ0v) is 9.84. The Labute approximate surface area is 89.1 Å². The lowest BCUT2D eigenvalue weighted by atomic mass is 10.1. The molecule has 0 saturated heterocycles. The average molecular weight is 294 g/mol. The Morgan fingerprint density at radius 2 is 1.75 bits per heavy atom. The number of alkyl halides is 1. The largest absolute Gasteiger partial charge is 0.387 e. The molecule has 12 heavy (non-hydrogen) atoms. The van der Waals surface area contributed by atoms with Crippen LogP contribution in [0.5, 0.6) is 0 Å². The smallest absolute Gasteiger partial charge is 0.0912 e. The van der Waals surface area contributed by atoms with E-state index in [-0.39, 0.29) is 4.83 Å². The molecule has 0 aliphatic rings. The van der Waals surface area contributed by atoms with E-state index in [2.05, 4.69) is 31.9 Å². The van der Waals surface area contributed by atoms with E-state index < -0.39 is 6.10 Å². The molecule has 0 aliphatic heterocycles. The molecule has 0 saturated carbocycles. The summed E-state index contributed by atoms with van der Waals surface area (Å²) in [6.07, 6.45) is -0.432. The van der Waals surface area contributed by atoms with Gasteiger partial charge in [0.15, 0.2) is 0 Å². The third-order valence-corrected chi connectivity index (χ3v) is 2.68. The van der Waals surface area contributed by atoms with Crippen LogP contribution in [0.15, 0.2) is 28.7 Å². The van der Waals surface area contributed by atoms with Crippen molar-refractivity contribution >= 4 is 31.9 Å². The number of aliphatic hydroxyl groups is 1. The molecule has 0 bridgehead atoms. The Morgan fingerprint density at radius 3 is 2.17 bits per heavy atom. The molecule has 0 spiro atoms. The Bertz CT molecular complexity index is 243. The van der Waals surface area contributed by atoms with Crippen LogP contribution in [0.2, 0.25) is 0 Å². The van der Waals surface area contributed by atoms with E-state index in [1.54, 1.807) is 0 Å². The summed E-state index contributed by atoms with van der Waals surface area (Å²) in [5.74, 6) is 0. The lowest BCUT2D eigenvalue weighted by Crippen LogP contribution is -2.07. The van der Waals surface area contributed by atoms with E-state index in [1.165, 1.54) is 0 Å². The molecular formula is C9H10Br2O. The Kier molecular flexibility index (Phi) is 3.75. The third-order valence-electron chi connectivity index (χ3n) is 1.65. The van der Waals surface area contributed by atoms with Gasteiger partial charge in [0, 0.05) is 9.30 Å².